The number of hydroxylamine groups is 2. The lowest BCUT2D eigenvalue weighted by molar-refractivity contribution is -0.122. The SMILES string of the molecule is NC(=O)[C@@H]1CC[C@H]2CN1C(=O)N2OS(=O)(=O)O. The number of urea groups is 1. The molecule has 0 unspecified atom stereocenters. The van der Waals surface area contributed by atoms with Gasteiger partial charge in [0, 0.05) is 6.54 Å². The summed E-state index contributed by atoms with van der Waals surface area (Å²) in [6.07, 6.45) is 0.725. The Morgan fingerprint density at radius 3 is 2.65 bits per heavy atom. The van der Waals surface area contributed by atoms with Crippen LogP contribution in [0.25, 0.3) is 0 Å². The summed E-state index contributed by atoms with van der Waals surface area (Å²) in [6, 6.07) is -2.04. The molecule has 0 aliphatic carbocycles. The van der Waals surface area contributed by atoms with E-state index in [-0.39, 0.29) is 6.54 Å². The highest BCUT2D eigenvalue weighted by Crippen LogP contribution is 2.30. The molecule has 10 heteroatoms. The minimum Gasteiger partial charge on any atom is -0.368 e. The molecule has 2 heterocycles. The van der Waals surface area contributed by atoms with Crippen LogP contribution in [0.1, 0.15) is 12.8 Å². The predicted octanol–water partition coefficient (Wildman–Crippen LogP) is -1.53. The zero-order chi connectivity index (χ0) is 12.8. The largest absolute Gasteiger partial charge is 0.418 e. The Labute approximate surface area is 97.0 Å². The van der Waals surface area contributed by atoms with Gasteiger partial charge in [0.2, 0.25) is 5.91 Å². The molecular formula is C7H11N3O6S. The van der Waals surface area contributed by atoms with E-state index in [4.69, 9.17) is 10.3 Å². The number of carbonyl (C=O) groups is 2. The van der Waals surface area contributed by atoms with Crippen LogP contribution >= 0.6 is 0 Å². The summed E-state index contributed by atoms with van der Waals surface area (Å²) in [5.41, 5.74) is 5.13. The van der Waals surface area contributed by atoms with Crippen molar-refractivity contribution in [3.05, 3.63) is 0 Å². The van der Waals surface area contributed by atoms with Gasteiger partial charge in [-0.1, -0.05) is 0 Å². The summed E-state index contributed by atoms with van der Waals surface area (Å²) >= 11 is 0. The molecule has 2 rings (SSSR count). The number of piperidine rings is 1. The van der Waals surface area contributed by atoms with E-state index in [0.717, 1.165) is 4.90 Å². The molecule has 3 amide bonds. The molecule has 2 atom stereocenters. The number of hydrogen-bond acceptors (Lipinski definition) is 5. The minimum absolute atomic E-state index is 0.155. The van der Waals surface area contributed by atoms with Crippen LogP contribution in [-0.4, -0.2) is 53.5 Å². The van der Waals surface area contributed by atoms with Crippen LogP contribution in [0.5, 0.6) is 0 Å². The predicted molar refractivity (Wildman–Crippen MR) is 52.6 cm³/mol. The molecule has 0 spiro atoms. The number of hydrogen-bond donors (Lipinski definition) is 2. The van der Waals surface area contributed by atoms with Crippen LogP contribution in [0.3, 0.4) is 0 Å². The van der Waals surface area contributed by atoms with E-state index in [1.807, 2.05) is 0 Å². The Morgan fingerprint density at radius 1 is 1.47 bits per heavy atom. The van der Waals surface area contributed by atoms with E-state index in [9.17, 15) is 18.0 Å². The monoisotopic (exact) mass is 265 g/mol. The number of amides is 3. The Hall–Kier alpha value is -1.39. The van der Waals surface area contributed by atoms with Crippen LogP contribution < -0.4 is 5.73 Å². The highest BCUT2D eigenvalue weighted by Gasteiger charge is 2.48. The van der Waals surface area contributed by atoms with Crippen LogP contribution in [0.15, 0.2) is 0 Å². The van der Waals surface area contributed by atoms with Gasteiger partial charge in [0.25, 0.3) is 0 Å². The lowest BCUT2D eigenvalue weighted by Crippen LogP contribution is -2.47. The minimum atomic E-state index is -4.75. The molecule has 0 aromatic rings. The first-order chi connectivity index (χ1) is 7.79. The van der Waals surface area contributed by atoms with E-state index in [0.29, 0.717) is 17.9 Å². The number of carbonyl (C=O) groups excluding carboxylic acids is 2. The van der Waals surface area contributed by atoms with Gasteiger partial charge in [-0.05, 0) is 12.8 Å². The van der Waals surface area contributed by atoms with Crippen molar-refractivity contribution in [3.8, 4) is 0 Å². The number of nitrogens with zero attached hydrogens (tertiary/aromatic N) is 2. The molecule has 2 aliphatic heterocycles. The molecule has 0 saturated carbocycles. The Bertz CT molecular complexity index is 462. The number of rotatable bonds is 3. The molecule has 2 fully saturated rings. The zero-order valence-electron chi connectivity index (χ0n) is 8.64. The van der Waals surface area contributed by atoms with Crippen LogP contribution in [-0.2, 0) is 19.5 Å². The van der Waals surface area contributed by atoms with Gasteiger partial charge >= 0.3 is 16.4 Å². The van der Waals surface area contributed by atoms with Gasteiger partial charge in [-0.2, -0.15) is 13.5 Å². The normalized spacial score (nSPS) is 28.6. The molecule has 2 saturated heterocycles. The van der Waals surface area contributed by atoms with E-state index in [2.05, 4.69) is 4.28 Å². The second kappa shape index (κ2) is 3.82. The lowest BCUT2D eigenvalue weighted by atomic mass is 10.0. The fourth-order valence-corrected chi connectivity index (χ4v) is 2.52. The third-order valence-corrected chi connectivity index (χ3v) is 3.17. The second-order valence-corrected chi connectivity index (χ2v) is 4.92. The summed E-state index contributed by atoms with van der Waals surface area (Å²) in [6.45, 7) is 0.155. The molecule has 9 nitrogen and oxygen atoms in total. The van der Waals surface area contributed by atoms with Gasteiger partial charge in [0.05, 0.1) is 6.04 Å². The van der Waals surface area contributed by atoms with E-state index in [1.165, 1.54) is 0 Å². The third-order valence-electron chi connectivity index (χ3n) is 2.83. The topological polar surface area (TPSA) is 130 Å². The summed E-state index contributed by atoms with van der Waals surface area (Å²) in [4.78, 5) is 23.9. The van der Waals surface area contributed by atoms with Crippen molar-refractivity contribution in [2.24, 2.45) is 5.73 Å². The van der Waals surface area contributed by atoms with Crippen molar-refractivity contribution >= 4 is 22.3 Å². The average Bonchev–Trinajstić information content (AvgIpc) is 2.42. The Kier molecular flexibility index (Phi) is 2.72. The van der Waals surface area contributed by atoms with E-state index < -0.39 is 34.4 Å². The molecule has 2 bridgehead atoms. The number of fused-ring (bicyclic) bond motifs is 2. The zero-order valence-corrected chi connectivity index (χ0v) is 9.46. The molecule has 0 aromatic carbocycles. The van der Waals surface area contributed by atoms with Crippen molar-refractivity contribution < 1.29 is 26.8 Å². The smallest absolute Gasteiger partial charge is 0.368 e. The lowest BCUT2D eigenvalue weighted by Gasteiger charge is -2.27. The number of primary amides is 1. The van der Waals surface area contributed by atoms with Crippen molar-refractivity contribution in [2.45, 2.75) is 24.9 Å². The standard InChI is InChI=1S/C7H11N3O6S/c8-6(11)5-2-1-4-3-9(5)7(12)10(4)16-17(13,14)15/h4-5H,1-3H2,(H2,8,11)(H,13,14,15)/t4-,5-/m0/s1. The third kappa shape index (κ3) is 2.18. The Morgan fingerprint density at radius 2 is 2.12 bits per heavy atom. The van der Waals surface area contributed by atoms with Crippen LogP contribution in [0.2, 0.25) is 0 Å². The summed E-state index contributed by atoms with van der Waals surface area (Å²) in [5, 5.41) is 0.568. The molecule has 96 valence electrons. The molecule has 2 aliphatic rings. The highest BCUT2D eigenvalue weighted by atomic mass is 32.3. The second-order valence-electron chi connectivity index (χ2n) is 3.91. The van der Waals surface area contributed by atoms with Crippen molar-refractivity contribution in [1.29, 1.82) is 0 Å². The maximum atomic E-state index is 11.7. The van der Waals surface area contributed by atoms with Gasteiger partial charge in [0.1, 0.15) is 6.04 Å². The van der Waals surface area contributed by atoms with Crippen molar-refractivity contribution in [1.82, 2.24) is 9.96 Å². The first-order valence-electron chi connectivity index (χ1n) is 4.86. The van der Waals surface area contributed by atoms with Gasteiger partial charge < -0.3 is 10.6 Å². The Balaban J connectivity index is 2.20. The highest BCUT2D eigenvalue weighted by molar-refractivity contribution is 7.80. The number of nitrogens with two attached hydrogens (primary N) is 1. The van der Waals surface area contributed by atoms with Crippen molar-refractivity contribution in [3.63, 3.8) is 0 Å². The van der Waals surface area contributed by atoms with E-state index in [1.54, 1.807) is 0 Å². The first-order valence-corrected chi connectivity index (χ1v) is 6.22. The van der Waals surface area contributed by atoms with E-state index >= 15 is 0 Å². The molecule has 0 aromatic heterocycles. The summed E-state index contributed by atoms with van der Waals surface area (Å²) in [5.74, 6) is -0.648. The molecular weight excluding hydrogens is 254 g/mol. The summed E-state index contributed by atoms with van der Waals surface area (Å²) in [7, 11) is -4.75. The molecule has 3 N–H and O–H groups in total. The fourth-order valence-electron chi connectivity index (χ4n) is 2.13. The quantitative estimate of drug-likeness (QED) is 0.595. The maximum Gasteiger partial charge on any atom is 0.418 e. The van der Waals surface area contributed by atoms with Crippen LogP contribution in [0.4, 0.5) is 4.79 Å². The molecule has 0 radical (unpaired) electrons. The van der Waals surface area contributed by atoms with Gasteiger partial charge in [0.15, 0.2) is 0 Å². The first kappa shape index (κ1) is 12.1. The van der Waals surface area contributed by atoms with Gasteiger partial charge in [-0.3, -0.25) is 9.35 Å². The summed E-state index contributed by atoms with van der Waals surface area (Å²) < 4.78 is 33.8. The van der Waals surface area contributed by atoms with Gasteiger partial charge in [-0.15, -0.1) is 4.28 Å². The van der Waals surface area contributed by atoms with Gasteiger partial charge in [-0.25, -0.2) is 4.79 Å². The maximum absolute atomic E-state index is 11.7. The van der Waals surface area contributed by atoms with Crippen molar-refractivity contribution in [2.75, 3.05) is 6.54 Å². The average molecular weight is 265 g/mol. The fraction of sp³-hybridized carbons (Fsp3) is 0.714. The van der Waals surface area contributed by atoms with Crippen LogP contribution in [0, 0.1) is 0 Å². The molecule has 17 heavy (non-hydrogen) atoms.